The first kappa shape index (κ1) is 23.2. The predicted octanol–water partition coefficient (Wildman–Crippen LogP) is 2.84. The predicted molar refractivity (Wildman–Crippen MR) is 112 cm³/mol. The van der Waals surface area contributed by atoms with Gasteiger partial charge < -0.3 is 24.4 Å². The van der Waals surface area contributed by atoms with E-state index in [2.05, 4.69) is 0 Å². The summed E-state index contributed by atoms with van der Waals surface area (Å²) < 4.78 is 15.1. The van der Waals surface area contributed by atoms with E-state index >= 15 is 0 Å². The summed E-state index contributed by atoms with van der Waals surface area (Å²) in [6.45, 7) is 0.572. The van der Waals surface area contributed by atoms with Crippen molar-refractivity contribution in [2.45, 2.75) is 13.0 Å². The molecule has 0 bridgehead atoms. The first-order chi connectivity index (χ1) is 14.8. The van der Waals surface area contributed by atoms with Gasteiger partial charge in [-0.1, -0.05) is 36.4 Å². The Morgan fingerprint density at radius 2 is 1.42 bits per heavy atom. The van der Waals surface area contributed by atoms with Crippen LogP contribution < -0.4 is 0 Å². The number of aromatic hydroxyl groups is 2. The highest BCUT2D eigenvalue weighted by atomic mass is 16.6. The van der Waals surface area contributed by atoms with Crippen LogP contribution in [0, 0.1) is 0 Å². The highest BCUT2D eigenvalue weighted by Crippen LogP contribution is 2.25. The van der Waals surface area contributed by atoms with Gasteiger partial charge in [-0.25, -0.2) is 9.59 Å². The minimum atomic E-state index is -0.971. The molecule has 8 nitrogen and oxygen atoms in total. The zero-order valence-electron chi connectivity index (χ0n) is 16.8. The van der Waals surface area contributed by atoms with E-state index in [0.717, 1.165) is 11.6 Å². The van der Waals surface area contributed by atoms with Crippen molar-refractivity contribution in [1.29, 1.82) is 0 Å². The number of phenols is 2. The summed E-state index contributed by atoms with van der Waals surface area (Å²) in [5.41, 5.74) is 1.28. The molecule has 0 fully saturated rings. The van der Waals surface area contributed by atoms with E-state index in [1.165, 1.54) is 37.3 Å². The van der Waals surface area contributed by atoms with Crippen molar-refractivity contribution in [3.05, 3.63) is 71.8 Å². The number of phenolic OH excluding ortho intramolecular Hbond substituents is 2. The van der Waals surface area contributed by atoms with Crippen molar-refractivity contribution in [1.82, 2.24) is 0 Å². The third-order valence-electron chi connectivity index (χ3n) is 3.78. The molecule has 0 aromatic heterocycles. The van der Waals surface area contributed by atoms with E-state index in [1.807, 2.05) is 30.3 Å². The van der Waals surface area contributed by atoms with Crippen LogP contribution in [0.1, 0.15) is 18.1 Å². The maximum Gasteiger partial charge on any atom is 0.330 e. The summed E-state index contributed by atoms with van der Waals surface area (Å²) in [4.78, 5) is 35.0. The van der Waals surface area contributed by atoms with Gasteiger partial charge in [-0.2, -0.15) is 0 Å². The normalized spacial score (nSPS) is 11.9. The standard InChI is InChI=1S/C23H22O8/c1-16(24)31-19(14-29-22(27)11-8-17-5-3-2-4-6-17)15-30-23(28)12-9-18-7-10-20(25)21(26)13-18/h2-13,19,25-26H,14-15H2,1H3/b11-8?,12-9+. The van der Waals surface area contributed by atoms with Gasteiger partial charge in [0.15, 0.2) is 17.6 Å². The Kier molecular flexibility index (Phi) is 8.85. The minimum absolute atomic E-state index is 0.280. The maximum atomic E-state index is 11.9. The molecule has 1 atom stereocenters. The highest BCUT2D eigenvalue weighted by Gasteiger charge is 2.16. The van der Waals surface area contributed by atoms with Gasteiger partial charge in [-0.15, -0.1) is 0 Å². The summed E-state index contributed by atoms with van der Waals surface area (Å²) >= 11 is 0. The molecule has 0 saturated carbocycles. The first-order valence-electron chi connectivity index (χ1n) is 9.27. The molecule has 0 aliphatic rings. The summed E-state index contributed by atoms with van der Waals surface area (Å²) in [6.07, 6.45) is 4.32. The molecule has 2 N–H and O–H groups in total. The molecule has 0 aliphatic carbocycles. The van der Waals surface area contributed by atoms with Crippen LogP contribution in [0.15, 0.2) is 60.7 Å². The molecule has 2 aromatic carbocycles. The zero-order chi connectivity index (χ0) is 22.6. The Morgan fingerprint density at radius 1 is 0.839 bits per heavy atom. The molecule has 0 aliphatic heterocycles. The van der Waals surface area contributed by atoms with Gasteiger partial charge in [0, 0.05) is 19.1 Å². The van der Waals surface area contributed by atoms with Gasteiger partial charge in [-0.05, 0) is 35.4 Å². The summed E-state index contributed by atoms with van der Waals surface area (Å²) in [7, 11) is 0. The fourth-order valence-corrected chi connectivity index (χ4v) is 2.33. The van der Waals surface area contributed by atoms with Gasteiger partial charge in [0.05, 0.1) is 0 Å². The largest absolute Gasteiger partial charge is 0.504 e. The second-order valence-electron chi connectivity index (χ2n) is 6.32. The molecular formula is C23H22O8. The molecule has 0 spiro atoms. The van der Waals surface area contributed by atoms with Crippen LogP contribution in [-0.2, 0) is 28.6 Å². The Labute approximate surface area is 179 Å². The first-order valence-corrected chi connectivity index (χ1v) is 9.27. The molecule has 162 valence electrons. The minimum Gasteiger partial charge on any atom is -0.504 e. The second kappa shape index (κ2) is 11.8. The number of carbonyl (C=O) groups excluding carboxylic acids is 3. The lowest BCUT2D eigenvalue weighted by Crippen LogP contribution is -2.29. The molecule has 0 radical (unpaired) electrons. The van der Waals surface area contributed by atoms with Crippen molar-refractivity contribution in [2.24, 2.45) is 0 Å². The van der Waals surface area contributed by atoms with E-state index in [1.54, 1.807) is 6.08 Å². The van der Waals surface area contributed by atoms with Crippen molar-refractivity contribution < 1.29 is 38.8 Å². The lowest BCUT2D eigenvalue weighted by molar-refractivity contribution is -0.162. The summed E-state index contributed by atoms with van der Waals surface area (Å²) in [6, 6.07) is 13.2. The Hall–Kier alpha value is -4.07. The molecule has 0 amide bonds. The molecule has 0 heterocycles. The van der Waals surface area contributed by atoms with E-state index in [-0.39, 0.29) is 24.7 Å². The SMILES string of the molecule is CC(=O)OC(COC(=O)C=Cc1ccccc1)COC(=O)/C=C/c1ccc(O)c(O)c1. The molecule has 0 saturated heterocycles. The van der Waals surface area contributed by atoms with Crippen LogP contribution >= 0.6 is 0 Å². The molecular weight excluding hydrogens is 404 g/mol. The summed E-state index contributed by atoms with van der Waals surface area (Å²) in [5.74, 6) is -2.60. The Bertz CT molecular complexity index is 963. The monoisotopic (exact) mass is 426 g/mol. The van der Waals surface area contributed by atoms with Gasteiger partial charge >= 0.3 is 17.9 Å². The van der Waals surface area contributed by atoms with Crippen molar-refractivity contribution in [3.63, 3.8) is 0 Å². The number of ether oxygens (including phenoxy) is 3. The number of hydrogen-bond acceptors (Lipinski definition) is 8. The third kappa shape index (κ3) is 8.86. The quantitative estimate of drug-likeness (QED) is 0.272. The number of benzene rings is 2. The number of rotatable bonds is 9. The van der Waals surface area contributed by atoms with Crippen LogP contribution in [-0.4, -0.2) is 47.4 Å². The fourth-order valence-electron chi connectivity index (χ4n) is 2.33. The van der Waals surface area contributed by atoms with Crippen LogP contribution in [0.2, 0.25) is 0 Å². The lowest BCUT2D eigenvalue weighted by atomic mass is 10.2. The molecule has 8 heteroatoms. The molecule has 2 rings (SSSR count). The Morgan fingerprint density at radius 3 is 1.97 bits per heavy atom. The average Bonchev–Trinajstić information content (AvgIpc) is 2.75. The van der Waals surface area contributed by atoms with Gasteiger partial charge in [0.1, 0.15) is 13.2 Å². The lowest BCUT2D eigenvalue weighted by Gasteiger charge is -2.16. The number of esters is 3. The summed E-state index contributed by atoms with van der Waals surface area (Å²) in [5, 5.41) is 18.7. The van der Waals surface area contributed by atoms with Gasteiger partial charge in [0.25, 0.3) is 0 Å². The van der Waals surface area contributed by atoms with Gasteiger partial charge in [-0.3, -0.25) is 4.79 Å². The smallest absolute Gasteiger partial charge is 0.330 e. The van der Waals surface area contributed by atoms with E-state index in [0.29, 0.717) is 5.56 Å². The van der Waals surface area contributed by atoms with E-state index < -0.39 is 24.0 Å². The second-order valence-corrected chi connectivity index (χ2v) is 6.32. The zero-order valence-corrected chi connectivity index (χ0v) is 16.8. The number of hydrogen-bond donors (Lipinski definition) is 2. The van der Waals surface area contributed by atoms with Crippen LogP contribution in [0.4, 0.5) is 0 Å². The fraction of sp³-hybridized carbons (Fsp3) is 0.174. The average molecular weight is 426 g/mol. The van der Waals surface area contributed by atoms with Crippen LogP contribution in [0.5, 0.6) is 11.5 Å². The molecule has 1 unspecified atom stereocenters. The topological polar surface area (TPSA) is 119 Å². The molecule has 2 aromatic rings. The Balaban J connectivity index is 1.84. The van der Waals surface area contributed by atoms with Crippen LogP contribution in [0.3, 0.4) is 0 Å². The van der Waals surface area contributed by atoms with Gasteiger partial charge in [0.2, 0.25) is 0 Å². The van der Waals surface area contributed by atoms with E-state index in [4.69, 9.17) is 14.2 Å². The third-order valence-corrected chi connectivity index (χ3v) is 3.78. The molecule has 31 heavy (non-hydrogen) atoms. The maximum absolute atomic E-state index is 11.9. The van der Waals surface area contributed by atoms with Crippen molar-refractivity contribution >= 4 is 30.1 Å². The highest BCUT2D eigenvalue weighted by molar-refractivity contribution is 5.87. The van der Waals surface area contributed by atoms with Crippen LogP contribution in [0.25, 0.3) is 12.2 Å². The number of carbonyl (C=O) groups is 3. The van der Waals surface area contributed by atoms with Crippen molar-refractivity contribution in [3.8, 4) is 11.5 Å². The van der Waals surface area contributed by atoms with Crippen molar-refractivity contribution in [2.75, 3.05) is 13.2 Å². The van der Waals surface area contributed by atoms with E-state index in [9.17, 15) is 24.6 Å².